The van der Waals surface area contributed by atoms with Crippen LogP contribution in [0.2, 0.25) is 23.4 Å². The second kappa shape index (κ2) is 14.3. The van der Waals surface area contributed by atoms with Crippen molar-refractivity contribution in [1.29, 1.82) is 0 Å². The molecule has 5 heteroatoms. The Bertz CT molecular complexity index is 1440. The van der Waals surface area contributed by atoms with Gasteiger partial charge in [0.25, 0.3) is 0 Å². The van der Waals surface area contributed by atoms with Crippen LogP contribution in [0.5, 0.6) is 0 Å². The zero-order valence-corrected chi connectivity index (χ0v) is 38.7. The van der Waals surface area contributed by atoms with E-state index in [4.69, 9.17) is 13.7 Å². The average Bonchev–Trinajstić information content (AvgIpc) is 3.52. The molecule has 5 aliphatic carbocycles. The summed E-state index contributed by atoms with van der Waals surface area (Å²) in [5.41, 5.74) is 1.70. The quantitative estimate of drug-likeness (QED) is 0.222. The molecule has 6 aliphatic rings. The van der Waals surface area contributed by atoms with E-state index in [-0.39, 0.29) is 28.7 Å². The molecule has 10 atom stereocenters. The molecule has 1 aromatic rings. The van der Waals surface area contributed by atoms with Crippen LogP contribution >= 0.6 is 0 Å². The van der Waals surface area contributed by atoms with Crippen LogP contribution in [0.15, 0.2) is 30.3 Å². The number of hydrogen-bond donors (Lipinski definition) is 0. The standard InChI is InChI=1S/C49H83BO3Si/c1-33(2)19-18-20-34(3)39-23-24-40-38-30-43(49(50-52-45(7,8)46(9,10)53-50)31-36(32-49)35-21-16-15-17-22-35)42-29-37(51-54(13,14)44(4,5)6)25-27-48(42,12)41(38)26-28-47(39,40)11/h15-17,21-22,33-34,36-43H,18-20,23-32H2,1-14H3/t34-,36?,37+,38+,39-,40+,41+,42-,43+,47-,48-,49?/m1/s1. The van der Waals surface area contributed by atoms with Crippen molar-refractivity contribution in [1.82, 2.24) is 0 Å². The molecular formula is C49H83BO3Si. The topological polar surface area (TPSA) is 27.7 Å². The van der Waals surface area contributed by atoms with Crippen LogP contribution < -0.4 is 0 Å². The lowest BCUT2D eigenvalue weighted by Crippen LogP contribution is -2.62. The first kappa shape index (κ1) is 41.5. The fourth-order valence-corrected chi connectivity index (χ4v) is 15.6. The van der Waals surface area contributed by atoms with Gasteiger partial charge in [-0.3, -0.25) is 0 Å². The van der Waals surface area contributed by atoms with Crippen molar-refractivity contribution in [2.24, 2.45) is 58.2 Å². The highest BCUT2D eigenvalue weighted by molar-refractivity contribution is 6.74. The molecule has 1 aliphatic heterocycles. The minimum atomic E-state index is -1.90. The number of hydrogen-bond acceptors (Lipinski definition) is 3. The van der Waals surface area contributed by atoms with E-state index in [0.29, 0.717) is 34.7 Å². The zero-order chi connectivity index (χ0) is 39.3. The van der Waals surface area contributed by atoms with Crippen molar-refractivity contribution >= 4 is 15.4 Å². The summed E-state index contributed by atoms with van der Waals surface area (Å²) in [6, 6.07) is 11.5. The zero-order valence-electron chi connectivity index (χ0n) is 37.7. The van der Waals surface area contributed by atoms with E-state index in [1.165, 1.54) is 89.0 Å². The SMILES string of the molecule is CC(C)CCC[C@@H](C)[C@H]1CC[C@H]2[C@@H]3C[C@H](C4(B5OC(C)(C)C(C)(C)O5)CC(c5ccccc5)C4)[C@H]4C[C@@H](O[Si](C)(C)C(C)(C)C)CC[C@]4(C)[C@H]3CC[C@]12C. The summed E-state index contributed by atoms with van der Waals surface area (Å²) in [7, 11) is -2.05. The number of fused-ring (bicyclic) bond motifs is 5. The van der Waals surface area contributed by atoms with Gasteiger partial charge in [0.05, 0.1) is 11.2 Å². The van der Waals surface area contributed by atoms with Crippen LogP contribution in [-0.2, 0) is 13.7 Å². The van der Waals surface area contributed by atoms with E-state index >= 15 is 0 Å². The van der Waals surface area contributed by atoms with Gasteiger partial charge < -0.3 is 13.7 Å². The molecule has 1 heterocycles. The Balaban J connectivity index is 1.26. The minimum absolute atomic E-state index is 0.0251. The lowest BCUT2D eigenvalue weighted by Gasteiger charge is -2.68. The van der Waals surface area contributed by atoms with Gasteiger partial charge in [-0.15, -0.1) is 0 Å². The molecule has 7 rings (SSSR count). The van der Waals surface area contributed by atoms with Gasteiger partial charge >= 0.3 is 7.12 Å². The van der Waals surface area contributed by atoms with E-state index in [2.05, 4.69) is 127 Å². The maximum Gasteiger partial charge on any atom is 0.464 e. The van der Waals surface area contributed by atoms with Gasteiger partial charge in [0.15, 0.2) is 8.32 Å². The van der Waals surface area contributed by atoms with Gasteiger partial charge in [-0.25, -0.2) is 0 Å². The van der Waals surface area contributed by atoms with E-state index in [1.54, 1.807) is 0 Å². The number of benzene rings is 1. The molecule has 0 bridgehead atoms. The lowest BCUT2D eigenvalue weighted by molar-refractivity contribution is -0.167. The van der Waals surface area contributed by atoms with Crippen molar-refractivity contribution < 1.29 is 13.7 Å². The van der Waals surface area contributed by atoms with Crippen molar-refractivity contribution in [3.8, 4) is 0 Å². The first-order chi connectivity index (χ1) is 25.0. The van der Waals surface area contributed by atoms with Crippen molar-refractivity contribution in [2.75, 3.05) is 0 Å². The van der Waals surface area contributed by atoms with Crippen molar-refractivity contribution in [3.05, 3.63) is 35.9 Å². The summed E-state index contributed by atoms with van der Waals surface area (Å²) in [5, 5.41) is 0.252. The van der Waals surface area contributed by atoms with Crippen molar-refractivity contribution in [2.45, 2.75) is 213 Å². The third-order valence-electron chi connectivity index (χ3n) is 19.1. The lowest BCUT2D eigenvalue weighted by atomic mass is 9.31. The molecule has 0 aromatic heterocycles. The summed E-state index contributed by atoms with van der Waals surface area (Å²) in [4.78, 5) is 0. The monoisotopic (exact) mass is 759 g/mol. The molecular weight excluding hydrogens is 675 g/mol. The Morgan fingerprint density at radius 2 is 1.37 bits per heavy atom. The highest BCUT2D eigenvalue weighted by atomic mass is 28.4. The summed E-state index contributed by atoms with van der Waals surface area (Å²) >= 11 is 0. The predicted octanol–water partition coefficient (Wildman–Crippen LogP) is 14.1. The summed E-state index contributed by atoms with van der Waals surface area (Å²) in [6.45, 7) is 34.4. The predicted molar refractivity (Wildman–Crippen MR) is 231 cm³/mol. The second-order valence-electron chi connectivity index (χ2n) is 24.0. The molecule has 3 nitrogen and oxygen atoms in total. The van der Waals surface area contributed by atoms with Crippen molar-refractivity contribution in [3.63, 3.8) is 0 Å². The summed E-state index contributed by atoms with van der Waals surface area (Å²) in [6.07, 6.45) is 17.9. The Morgan fingerprint density at radius 3 is 1.98 bits per heavy atom. The average molecular weight is 759 g/mol. The summed E-state index contributed by atoms with van der Waals surface area (Å²) < 4.78 is 22.0. The van der Waals surface area contributed by atoms with E-state index in [9.17, 15) is 0 Å². The van der Waals surface area contributed by atoms with Crippen LogP contribution in [0.4, 0.5) is 0 Å². The van der Waals surface area contributed by atoms with Gasteiger partial charge in [-0.2, -0.15) is 0 Å². The highest BCUT2D eigenvalue weighted by Gasteiger charge is 2.72. The third kappa shape index (κ3) is 6.91. The first-order valence-electron chi connectivity index (χ1n) is 23.1. The van der Waals surface area contributed by atoms with Crippen LogP contribution in [-0.4, -0.2) is 32.7 Å². The molecule has 0 N–H and O–H groups in total. The van der Waals surface area contributed by atoms with Gasteiger partial charge in [0, 0.05) is 11.4 Å². The fourth-order valence-electron chi connectivity index (χ4n) is 14.2. The molecule has 5 saturated carbocycles. The van der Waals surface area contributed by atoms with Crippen LogP contribution in [0, 0.1) is 58.2 Å². The fraction of sp³-hybridized carbons (Fsp3) is 0.878. The molecule has 0 spiro atoms. The van der Waals surface area contributed by atoms with E-state index in [1.807, 2.05) is 0 Å². The molecule has 6 fully saturated rings. The maximum atomic E-state index is 7.42. The number of rotatable bonds is 10. The van der Waals surface area contributed by atoms with Crippen LogP contribution in [0.3, 0.4) is 0 Å². The maximum absolute atomic E-state index is 7.42. The molecule has 1 saturated heterocycles. The Kier molecular flexibility index (Phi) is 11.0. The Labute approximate surface area is 335 Å². The van der Waals surface area contributed by atoms with Gasteiger partial charge in [-0.05, 0) is 180 Å². The van der Waals surface area contributed by atoms with Gasteiger partial charge in [0.2, 0.25) is 0 Å². The Morgan fingerprint density at radius 1 is 0.759 bits per heavy atom. The van der Waals surface area contributed by atoms with Crippen LogP contribution in [0.1, 0.15) is 178 Å². The van der Waals surface area contributed by atoms with E-state index in [0.717, 1.165) is 35.5 Å². The molecule has 0 radical (unpaired) electrons. The second-order valence-corrected chi connectivity index (χ2v) is 28.7. The molecule has 1 aromatic carbocycles. The minimum Gasteiger partial charge on any atom is -0.414 e. The highest BCUT2D eigenvalue weighted by Crippen LogP contribution is 2.76. The smallest absolute Gasteiger partial charge is 0.414 e. The first-order valence-corrected chi connectivity index (χ1v) is 26.0. The molecule has 54 heavy (non-hydrogen) atoms. The molecule has 304 valence electrons. The van der Waals surface area contributed by atoms with Gasteiger partial charge in [0.1, 0.15) is 0 Å². The Hall–Kier alpha value is -0.618. The molecule has 0 unspecified atom stereocenters. The largest absolute Gasteiger partial charge is 0.464 e. The van der Waals surface area contributed by atoms with E-state index < -0.39 is 8.32 Å². The molecule has 0 amide bonds. The van der Waals surface area contributed by atoms with Gasteiger partial charge in [-0.1, -0.05) is 105 Å². The third-order valence-corrected chi connectivity index (χ3v) is 23.7. The summed E-state index contributed by atoms with van der Waals surface area (Å²) in [5.74, 6) is 6.87. The normalized spacial score (nSPS) is 42.2. The van der Waals surface area contributed by atoms with Crippen LogP contribution in [0.25, 0.3) is 0 Å².